The Kier molecular flexibility index (Phi) is 3.38. The summed E-state index contributed by atoms with van der Waals surface area (Å²) in [5.74, 6) is -0.435. The zero-order chi connectivity index (χ0) is 15.7. The number of amides is 1. The Morgan fingerprint density at radius 1 is 1.14 bits per heavy atom. The summed E-state index contributed by atoms with van der Waals surface area (Å²) in [5, 5.41) is 2.51. The average Bonchev–Trinajstić information content (AvgIpc) is 2.75. The van der Waals surface area contributed by atoms with E-state index in [1.807, 2.05) is 12.1 Å². The lowest BCUT2D eigenvalue weighted by Gasteiger charge is -2.05. The number of nitrogens with zero attached hydrogens (tertiary/aromatic N) is 2. The fourth-order valence-corrected chi connectivity index (χ4v) is 2.37. The number of hydrogen-bond donors (Lipinski definition) is 2. The molecule has 0 spiro atoms. The van der Waals surface area contributed by atoms with Gasteiger partial charge in [0, 0.05) is 13.2 Å². The first kappa shape index (κ1) is 13.9. The molecule has 22 heavy (non-hydrogen) atoms. The minimum absolute atomic E-state index is 0.154. The van der Waals surface area contributed by atoms with Crippen LogP contribution in [0.1, 0.15) is 0 Å². The number of carbonyl (C=O) groups excluding carboxylic acids is 1. The van der Waals surface area contributed by atoms with Crippen molar-refractivity contribution < 1.29 is 4.79 Å². The van der Waals surface area contributed by atoms with E-state index >= 15 is 0 Å². The van der Waals surface area contributed by atoms with Crippen molar-refractivity contribution in [1.29, 1.82) is 0 Å². The van der Waals surface area contributed by atoms with Crippen LogP contribution in [0.15, 0.2) is 52.2 Å². The van der Waals surface area contributed by atoms with Gasteiger partial charge in [-0.3, -0.25) is 18.7 Å². The van der Waals surface area contributed by atoms with E-state index in [0.29, 0.717) is 5.52 Å². The van der Waals surface area contributed by atoms with Crippen molar-refractivity contribution in [2.75, 3.05) is 5.32 Å². The number of H-pyrrole nitrogens is 1. The van der Waals surface area contributed by atoms with Gasteiger partial charge >= 0.3 is 5.69 Å². The van der Waals surface area contributed by atoms with Crippen molar-refractivity contribution >= 4 is 22.6 Å². The fraction of sp³-hybridized carbons (Fsp3) is 0.133. The molecule has 0 radical (unpaired) electrons. The maximum atomic E-state index is 12.2. The van der Waals surface area contributed by atoms with Crippen LogP contribution in [0.5, 0.6) is 0 Å². The van der Waals surface area contributed by atoms with E-state index in [0.717, 1.165) is 5.52 Å². The van der Waals surface area contributed by atoms with Gasteiger partial charge in [0.25, 0.3) is 5.56 Å². The zero-order valence-corrected chi connectivity index (χ0v) is 11.9. The number of aromatic nitrogens is 3. The molecular formula is C15H14N4O3. The highest BCUT2D eigenvalue weighted by atomic mass is 16.2. The minimum atomic E-state index is -0.435. The number of aryl methyl sites for hydroxylation is 1. The average molecular weight is 298 g/mol. The van der Waals surface area contributed by atoms with Crippen molar-refractivity contribution in [2.24, 2.45) is 7.05 Å². The number of para-hydroxylation sites is 2. The standard InChI is InChI=1S/C15H14N4O3/c1-18-11-6-2-3-7-12(11)19(15(18)22)9-13(20)17-10-5-4-8-16-14(10)21/h2-8H,9H2,1H3,(H,16,21)(H,17,20). The molecule has 3 rings (SSSR count). The van der Waals surface area contributed by atoms with Crippen LogP contribution in [0.3, 0.4) is 0 Å². The van der Waals surface area contributed by atoms with Gasteiger partial charge < -0.3 is 10.3 Å². The number of hydrogen-bond acceptors (Lipinski definition) is 3. The number of pyridine rings is 1. The summed E-state index contributed by atoms with van der Waals surface area (Å²) in [6.45, 7) is -0.158. The molecule has 0 unspecified atom stereocenters. The number of imidazole rings is 1. The SMILES string of the molecule is Cn1c(=O)n(CC(=O)Nc2ccc[nH]c2=O)c2ccccc21. The van der Waals surface area contributed by atoms with E-state index in [4.69, 9.17) is 0 Å². The van der Waals surface area contributed by atoms with Crippen LogP contribution in [0, 0.1) is 0 Å². The minimum Gasteiger partial charge on any atom is -0.327 e. The summed E-state index contributed by atoms with van der Waals surface area (Å²) in [4.78, 5) is 38.3. The number of benzene rings is 1. The molecule has 0 saturated carbocycles. The first-order valence-electron chi connectivity index (χ1n) is 6.70. The van der Waals surface area contributed by atoms with Crippen molar-refractivity contribution in [3.8, 4) is 0 Å². The molecule has 0 saturated heterocycles. The number of nitrogens with one attached hydrogen (secondary N) is 2. The van der Waals surface area contributed by atoms with Crippen molar-refractivity contribution in [2.45, 2.75) is 6.54 Å². The van der Waals surface area contributed by atoms with Crippen LogP contribution in [-0.2, 0) is 18.4 Å². The van der Waals surface area contributed by atoms with Gasteiger partial charge in [0.1, 0.15) is 12.2 Å². The van der Waals surface area contributed by atoms with E-state index in [-0.39, 0.29) is 23.5 Å². The van der Waals surface area contributed by atoms with Crippen LogP contribution >= 0.6 is 0 Å². The Bertz CT molecular complexity index is 965. The Morgan fingerprint density at radius 3 is 2.59 bits per heavy atom. The smallest absolute Gasteiger partial charge is 0.327 e. The topological polar surface area (TPSA) is 88.9 Å². The van der Waals surface area contributed by atoms with Crippen molar-refractivity contribution in [3.05, 3.63) is 63.4 Å². The second kappa shape index (κ2) is 5.36. The van der Waals surface area contributed by atoms with E-state index in [1.165, 1.54) is 21.4 Å². The van der Waals surface area contributed by atoms with Gasteiger partial charge in [-0.25, -0.2) is 4.79 Å². The highest BCUT2D eigenvalue weighted by Gasteiger charge is 2.13. The second-order valence-electron chi connectivity index (χ2n) is 4.88. The lowest BCUT2D eigenvalue weighted by Crippen LogP contribution is -2.29. The number of aromatic amines is 1. The van der Waals surface area contributed by atoms with E-state index in [1.54, 1.807) is 25.2 Å². The van der Waals surface area contributed by atoms with Gasteiger partial charge in [0.2, 0.25) is 5.91 Å². The Balaban J connectivity index is 1.92. The zero-order valence-electron chi connectivity index (χ0n) is 11.9. The highest BCUT2D eigenvalue weighted by molar-refractivity contribution is 5.91. The van der Waals surface area contributed by atoms with Gasteiger partial charge in [-0.15, -0.1) is 0 Å². The third-order valence-electron chi connectivity index (χ3n) is 3.45. The molecule has 0 aliphatic rings. The molecule has 7 heteroatoms. The largest absolute Gasteiger partial charge is 0.329 e. The Hall–Kier alpha value is -3.09. The monoisotopic (exact) mass is 298 g/mol. The molecule has 2 heterocycles. The molecular weight excluding hydrogens is 284 g/mol. The Labute approximate surface area is 124 Å². The molecule has 2 N–H and O–H groups in total. The van der Waals surface area contributed by atoms with E-state index in [2.05, 4.69) is 10.3 Å². The molecule has 0 fully saturated rings. The molecule has 3 aromatic rings. The predicted octanol–water partition coefficient (Wildman–Crippen LogP) is 0.667. The predicted molar refractivity (Wildman–Crippen MR) is 82.9 cm³/mol. The molecule has 112 valence electrons. The quantitative estimate of drug-likeness (QED) is 0.744. The normalized spacial score (nSPS) is 10.8. The number of anilines is 1. The number of rotatable bonds is 3. The molecule has 1 amide bonds. The summed E-state index contributed by atoms with van der Waals surface area (Å²) < 4.78 is 2.86. The van der Waals surface area contributed by atoms with Gasteiger partial charge in [-0.05, 0) is 24.3 Å². The van der Waals surface area contributed by atoms with E-state index < -0.39 is 5.91 Å². The van der Waals surface area contributed by atoms with Crippen molar-refractivity contribution in [3.63, 3.8) is 0 Å². The first-order valence-corrected chi connectivity index (χ1v) is 6.70. The van der Waals surface area contributed by atoms with Gasteiger partial charge in [0.05, 0.1) is 11.0 Å². The summed E-state index contributed by atoms with van der Waals surface area (Å²) >= 11 is 0. The van der Waals surface area contributed by atoms with Crippen molar-refractivity contribution in [1.82, 2.24) is 14.1 Å². The fourth-order valence-electron chi connectivity index (χ4n) is 2.37. The van der Waals surface area contributed by atoms with Gasteiger partial charge in [-0.1, -0.05) is 12.1 Å². The van der Waals surface area contributed by atoms with Crippen LogP contribution in [-0.4, -0.2) is 20.0 Å². The van der Waals surface area contributed by atoms with Gasteiger partial charge in [0.15, 0.2) is 0 Å². The van der Waals surface area contributed by atoms with Crippen LogP contribution in [0.25, 0.3) is 11.0 Å². The summed E-state index contributed by atoms with van der Waals surface area (Å²) in [5.41, 5.74) is 0.908. The molecule has 0 aliphatic carbocycles. The molecule has 7 nitrogen and oxygen atoms in total. The Morgan fingerprint density at radius 2 is 1.86 bits per heavy atom. The van der Waals surface area contributed by atoms with Gasteiger partial charge in [-0.2, -0.15) is 0 Å². The second-order valence-corrected chi connectivity index (χ2v) is 4.88. The molecule has 0 atom stereocenters. The summed E-state index contributed by atoms with van der Waals surface area (Å²) in [6.07, 6.45) is 1.48. The molecule has 0 aliphatic heterocycles. The molecule has 2 aromatic heterocycles. The lowest BCUT2D eigenvalue weighted by molar-refractivity contribution is -0.116. The lowest BCUT2D eigenvalue weighted by atomic mass is 10.3. The number of fused-ring (bicyclic) bond motifs is 1. The third kappa shape index (κ3) is 2.32. The maximum absolute atomic E-state index is 12.2. The first-order chi connectivity index (χ1) is 10.6. The summed E-state index contributed by atoms with van der Waals surface area (Å²) in [6, 6.07) is 10.3. The summed E-state index contributed by atoms with van der Waals surface area (Å²) in [7, 11) is 1.65. The highest BCUT2D eigenvalue weighted by Crippen LogP contribution is 2.11. The third-order valence-corrected chi connectivity index (χ3v) is 3.45. The number of carbonyl (C=O) groups is 1. The van der Waals surface area contributed by atoms with Crippen LogP contribution < -0.4 is 16.6 Å². The maximum Gasteiger partial charge on any atom is 0.329 e. The van der Waals surface area contributed by atoms with E-state index in [9.17, 15) is 14.4 Å². The molecule has 0 bridgehead atoms. The van der Waals surface area contributed by atoms with Crippen LogP contribution in [0.2, 0.25) is 0 Å². The van der Waals surface area contributed by atoms with Crippen LogP contribution in [0.4, 0.5) is 5.69 Å². The molecule has 1 aromatic carbocycles.